The van der Waals surface area contributed by atoms with E-state index in [1.165, 1.54) is 12.1 Å². The molecular weight excluding hydrogens is 323 g/mol. The first-order valence-corrected chi connectivity index (χ1v) is 8.10. The van der Waals surface area contributed by atoms with Gasteiger partial charge in [-0.3, -0.25) is 9.59 Å². The van der Waals surface area contributed by atoms with Gasteiger partial charge in [0, 0.05) is 19.0 Å². The molecule has 1 aromatic heterocycles. The van der Waals surface area contributed by atoms with Gasteiger partial charge in [-0.1, -0.05) is 12.5 Å². The minimum absolute atomic E-state index is 0.0952. The lowest BCUT2D eigenvalue weighted by Crippen LogP contribution is -2.13. The van der Waals surface area contributed by atoms with Crippen LogP contribution in [0.15, 0.2) is 42.6 Å². The summed E-state index contributed by atoms with van der Waals surface area (Å²) in [7, 11) is 0. The Hall–Kier alpha value is -2.96. The normalized spacial score (nSPS) is 10.3. The molecule has 0 saturated heterocycles. The van der Waals surface area contributed by atoms with Crippen molar-refractivity contribution in [3.63, 3.8) is 0 Å². The number of nitrogen functional groups attached to an aromatic ring is 1. The first-order chi connectivity index (χ1) is 12.0. The van der Waals surface area contributed by atoms with E-state index in [2.05, 4.69) is 15.6 Å². The van der Waals surface area contributed by atoms with Crippen molar-refractivity contribution in [2.45, 2.75) is 32.1 Å². The van der Waals surface area contributed by atoms with Crippen molar-refractivity contribution in [2.75, 3.05) is 16.4 Å². The smallest absolute Gasteiger partial charge is 0.225 e. The van der Waals surface area contributed by atoms with Gasteiger partial charge in [0.2, 0.25) is 11.8 Å². The second-order valence-electron chi connectivity index (χ2n) is 5.60. The largest absolute Gasteiger partial charge is 0.397 e. The topological polar surface area (TPSA) is 97.1 Å². The minimum Gasteiger partial charge on any atom is -0.397 e. The fourth-order valence-electron chi connectivity index (χ4n) is 2.25. The van der Waals surface area contributed by atoms with E-state index in [1.54, 1.807) is 24.4 Å². The molecule has 2 amide bonds. The average Bonchev–Trinajstić information content (AvgIpc) is 2.58. The number of carbonyl (C=O) groups excluding carboxylic acids is 2. The molecule has 0 radical (unpaired) electrons. The zero-order valence-electron chi connectivity index (χ0n) is 13.8. The number of carbonyl (C=O) groups is 2. The Balaban J connectivity index is 1.61. The Morgan fingerprint density at radius 2 is 1.72 bits per heavy atom. The summed E-state index contributed by atoms with van der Waals surface area (Å²) in [6, 6.07) is 9.14. The molecule has 0 atom stereocenters. The third-order valence-corrected chi connectivity index (χ3v) is 3.53. The summed E-state index contributed by atoms with van der Waals surface area (Å²) in [5, 5.41) is 5.36. The first-order valence-electron chi connectivity index (χ1n) is 8.10. The minimum atomic E-state index is -0.445. The predicted octanol–water partition coefficient (Wildman–Crippen LogP) is 3.33. The molecular formula is C18H21FN4O2. The number of amides is 2. The molecule has 0 saturated carbocycles. The highest BCUT2D eigenvalue weighted by atomic mass is 19.1. The van der Waals surface area contributed by atoms with Crippen LogP contribution in [-0.2, 0) is 9.59 Å². The van der Waals surface area contributed by atoms with Gasteiger partial charge in [-0.15, -0.1) is 0 Å². The van der Waals surface area contributed by atoms with E-state index >= 15 is 0 Å². The number of benzene rings is 1. The maximum Gasteiger partial charge on any atom is 0.225 e. The molecule has 6 nitrogen and oxygen atoms in total. The summed E-state index contributed by atoms with van der Waals surface area (Å²) >= 11 is 0. The van der Waals surface area contributed by atoms with E-state index in [0.717, 1.165) is 12.5 Å². The lowest BCUT2D eigenvalue weighted by Gasteiger charge is -2.08. The van der Waals surface area contributed by atoms with Gasteiger partial charge in [-0.05, 0) is 43.2 Å². The number of rotatable bonds is 8. The molecule has 0 bridgehead atoms. The van der Waals surface area contributed by atoms with Gasteiger partial charge >= 0.3 is 0 Å². The van der Waals surface area contributed by atoms with Gasteiger partial charge < -0.3 is 16.4 Å². The van der Waals surface area contributed by atoms with Crippen LogP contribution in [0.25, 0.3) is 0 Å². The number of hydrogen-bond acceptors (Lipinski definition) is 4. The van der Waals surface area contributed by atoms with Crippen LogP contribution in [0.1, 0.15) is 32.1 Å². The second-order valence-corrected chi connectivity index (χ2v) is 5.60. The summed E-state index contributed by atoms with van der Waals surface area (Å²) in [6.07, 6.45) is 4.40. The molecule has 0 aliphatic heterocycles. The Morgan fingerprint density at radius 1 is 1.00 bits per heavy atom. The quantitative estimate of drug-likeness (QED) is 0.505. The van der Waals surface area contributed by atoms with Crippen molar-refractivity contribution in [2.24, 2.45) is 0 Å². The summed E-state index contributed by atoms with van der Waals surface area (Å²) in [5.41, 5.74) is 6.24. The van der Waals surface area contributed by atoms with Crippen molar-refractivity contribution in [1.82, 2.24) is 4.98 Å². The van der Waals surface area contributed by atoms with Crippen LogP contribution in [0.3, 0.4) is 0 Å². The van der Waals surface area contributed by atoms with Crippen LogP contribution >= 0.6 is 0 Å². The number of aromatic nitrogens is 1. The number of hydrogen-bond donors (Lipinski definition) is 3. The Labute approximate surface area is 145 Å². The second kappa shape index (κ2) is 9.36. The van der Waals surface area contributed by atoms with Gasteiger partial charge in [0.1, 0.15) is 11.6 Å². The molecule has 2 rings (SSSR count). The van der Waals surface area contributed by atoms with Gasteiger partial charge in [-0.25, -0.2) is 9.37 Å². The van der Waals surface area contributed by atoms with Crippen LogP contribution in [0, 0.1) is 5.82 Å². The third kappa shape index (κ3) is 6.58. The highest BCUT2D eigenvalue weighted by molar-refractivity contribution is 5.93. The summed E-state index contributed by atoms with van der Waals surface area (Å²) in [5.74, 6) is -0.193. The van der Waals surface area contributed by atoms with Crippen LogP contribution in [-0.4, -0.2) is 16.8 Å². The lowest BCUT2D eigenvalue weighted by atomic mass is 10.1. The molecule has 1 aromatic carbocycles. The number of nitrogens with one attached hydrogen (secondary N) is 2. The van der Waals surface area contributed by atoms with Crippen LogP contribution in [0.4, 0.5) is 21.6 Å². The third-order valence-electron chi connectivity index (χ3n) is 3.53. The van der Waals surface area contributed by atoms with Gasteiger partial charge in [0.05, 0.1) is 11.4 Å². The Bertz CT molecular complexity index is 722. The molecule has 7 heteroatoms. The van der Waals surface area contributed by atoms with E-state index < -0.39 is 5.82 Å². The Morgan fingerprint density at radius 3 is 2.36 bits per heavy atom. The Kier molecular flexibility index (Phi) is 6.88. The highest BCUT2D eigenvalue weighted by Gasteiger charge is 2.07. The first kappa shape index (κ1) is 18.4. The molecule has 132 valence electrons. The molecule has 0 aliphatic carbocycles. The molecule has 0 aliphatic rings. The van der Waals surface area contributed by atoms with Crippen LogP contribution in [0.5, 0.6) is 0 Å². The van der Waals surface area contributed by atoms with Crippen molar-refractivity contribution < 1.29 is 14.0 Å². The zero-order valence-corrected chi connectivity index (χ0v) is 13.8. The predicted molar refractivity (Wildman–Crippen MR) is 95.4 cm³/mol. The highest BCUT2D eigenvalue weighted by Crippen LogP contribution is 2.19. The summed E-state index contributed by atoms with van der Waals surface area (Å²) in [6.45, 7) is 0. The maximum atomic E-state index is 12.9. The number of nitrogens with zero attached hydrogens (tertiary/aromatic N) is 1. The summed E-state index contributed by atoms with van der Waals surface area (Å²) < 4.78 is 12.9. The molecule has 4 N–H and O–H groups in total. The standard InChI is InChI=1S/C18H21FN4O2/c19-13-9-10-15(14(20)12-13)22-17(24)7-2-1-3-8-18(25)23-16-6-4-5-11-21-16/h4-6,9-12H,1-3,7-8,20H2,(H,22,24)(H,21,23,25). The summed E-state index contributed by atoms with van der Waals surface area (Å²) in [4.78, 5) is 27.6. The average molecular weight is 344 g/mol. The fraction of sp³-hybridized carbons (Fsp3) is 0.278. The van der Waals surface area contributed by atoms with Crippen molar-refractivity contribution in [1.29, 1.82) is 0 Å². The monoisotopic (exact) mass is 344 g/mol. The van der Waals surface area contributed by atoms with Crippen molar-refractivity contribution >= 4 is 29.0 Å². The molecule has 2 aromatic rings. The molecule has 0 unspecified atom stereocenters. The number of anilines is 3. The molecule has 1 heterocycles. The van der Waals surface area contributed by atoms with E-state index in [1.807, 2.05) is 0 Å². The van der Waals surface area contributed by atoms with Gasteiger partial charge in [-0.2, -0.15) is 0 Å². The zero-order chi connectivity index (χ0) is 18.1. The van der Waals surface area contributed by atoms with Gasteiger partial charge in [0.25, 0.3) is 0 Å². The number of halogens is 1. The van der Waals surface area contributed by atoms with Gasteiger partial charge in [0.15, 0.2) is 0 Å². The van der Waals surface area contributed by atoms with E-state index in [-0.39, 0.29) is 17.5 Å². The SMILES string of the molecule is Nc1cc(F)ccc1NC(=O)CCCCCC(=O)Nc1ccccn1. The van der Waals surface area contributed by atoms with E-state index in [0.29, 0.717) is 37.2 Å². The van der Waals surface area contributed by atoms with Crippen molar-refractivity contribution in [3.8, 4) is 0 Å². The number of nitrogens with two attached hydrogens (primary N) is 1. The van der Waals surface area contributed by atoms with Crippen LogP contribution < -0.4 is 16.4 Å². The number of pyridine rings is 1. The van der Waals surface area contributed by atoms with Crippen molar-refractivity contribution in [3.05, 3.63) is 48.4 Å². The van der Waals surface area contributed by atoms with E-state index in [4.69, 9.17) is 5.73 Å². The maximum absolute atomic E-state index is 12.9. The van der Waals surface area contributed by atoms with E-state index in [9.17, 15) is 14.0 Å². The van der Waals surface area contributed by atoms with Crippen LogP contribution in [0.2, 0.25) is 0 Å². The number of unbranched alkanes of at least 4 members (excludes halogenated alkanes) is 2. The lowest BCUT2D eigenvalue weighted by molar-refractivity contribution is -0.116. The molecule has 0 spiro atoms. The fourth-order valence-corrected chi connectivity index (χ4v) is 2.25. The molecule has 0 fully saturated rings. The molecule has 25 heavy (non-hydrogen) atoms.